The second-order valence-corrected chi connectivity index (χ2v) is 4.12. The standard InChI is InChI=1S/C14H13N3O/c1-10-16-14(18-17-10)9-15-13-8-4-6-11-5-2-3-7-12(11)13/h2-8,15H,9H2,1H3. The summed E-state index contributed by atoms with van der Waals surface area (Å²) < 4.78 is 5.07. The number of benzene rings is 2. The Morgan fingerprint density at radius 1 is 1.11 bits per heavy atom. The van der Waals surface area contributed by atoms with Gasteiger partial charge in [0.25, 0.3) is 0 Å². The molecule has 0 aliphatic carbocycles. The SMILES string of the molecule is Cc1noc(CNc2cccc3ccccc23)n1. The Hall–Kier alpha value is -2.36. The monoisotopic (exact) mass is 239 g/mol. The Balaban J connectivity index is 1.86. The molecule has 0 atom stereocenters. The van der Waals surface area contributed by atoms with Gasteiger partial charge in [-0.05, 0) is 18.4 Å². The van der Waals surface area contributed by atoms with Crippen LogP contribution in [-0.4, -0.2) is 10.1 Å². The zero-order valence-corrected chi connectivity index (χ0v) is 10.1. The molecule has 18 heavy (non-hydrogen) atoms. The number of hydrogen-bond acceptors (Lipinski definition) is 4. The molecule has 0 unspecified atom stereocenters. The number of aromatic nitrogens is 2. The predicted molar refractivity (Wildman–Crippen MR) is 70.3 cm³/mol. The van der Waals surface area contributed by atoms with Gasteiger partial charge in [-0.2, -0.15) is 4.98 Å². The fourth-order valence-corrected chi connectivity index (χ4v) is 1.96. The third kappa shape index (κ3) is 2.05. The fraction of sp³-hybridized carbons (Fsp3) is 0.143. The number of nitrogens with zero attached hydrogens (tertiary/aromatic N) is 2. The Bertz CT molecular complexity index is 670. The molecule has 4 heteroatoms. The Morgan fingerprint density at radius 2 is 1.94 bits per heavy atom. The van der Waals surface area contributed by atoms with Gasteiger partial charge in [0.1, 0.15) is 0 Å². The maximum atomic E-state index is 5.07. The topological polar surface area (TPSA) is 51.0 Å². The maximum Gasteiger partial charge on any atom is 0.245 e. The van der Waals surface area contributed by atoms with Crippen LogP contribution in [0.15, 0.2) is 47.0 Å². The van der Waals surface area contributed by atoms with Crippen molar-refractivity contribution in [1.29, 1.82) is 0 Å². The lowest BCUT2D eigenvalue weighted by Crippen LogP contribution is -2.00. The second-order valence-electron chi connectivity index (χ2n) is 4.12. The van der Waals surface area contributed by atoms with E-state index < -0.39 is 0 Å². The molecule has 0 aliphatic heterocycles. The highest BCUT2D eigenvalue weighted by molar-refractivity contribution is 5.93. The third-order valence-corrected chi connectivity index (χ3v) is 2.79. The van der Waals surface area contributed by atoms with Crippen LogP contribution in [0.4, 0.5) is 5.69 Å². The van der Waals surface area contributed by atoms with Gasteiger partial charge in [0.05, 0.1) is 6.54 Å². The first kappa shape index (κ1) is 10.8. The minimum absolute atomic E-state index is 0.537. The third-order valence-electron chi connectivity index (χ3n) is 2.79. The van der Waals surface area contributed by atoms with E-state index in [1.807, 2.05) is 31.2 Å². The number of hydrogen-bond donors (Lipinski definition) is 1. The van der Waals surface area contributed by atoms with Crippen molar-refractivity contribution < 1.29 is 4.52 Å². The Labute approximate surface area is 105 Å². The van der Waals surface area contributed by atoms with Gasteiger partial charge in [-0.1, -0.05) is 41.6 Å². The van der Waals surface area contributed by atoms with E-state index in [0.29, 0.717) is 18.3 Å². The van der Waals surface area contributed by atoms with E-state index in [4.69, 9.17) is 4.52 Å². The molecule has 0 radical (unpaired) electrons. The van der Waals surface area contributed by atoms with Crippen molar-refractivity contribution in [3.63, 3.8) is 0 Å². The molecular formula is C14H13N3O. The molecule has 0 saturated heterocycles. The summed E-state index contributed by atoms with van der Waals surface area (Å²) in [4.78, 5) is 4.17. The summed E-state index contributed by atoms with van der Waals surface area (Å²) in [5.41, 5.74) is 1.07. The average molecular weight is 239 g/mol. The summed E-state index contributed by atoms with van der Waals surface area (Å²) >= 11 is 0. The summed E-state index contributed by atoms with van der Waals surface area (Å²) in [5, 5.41) is 9.49. The van der Waals surface area contributed by atoms with Gasteiger partial charge in [0.2, 0.25) is 5.89 Å². The maximum absolute atomic E-state index is 5.07. The molecule has 0 saturated carbocycles. The van der Waals surface area contributed by atoms with Crippen LogP contribution in [0.3, 0.4) is 0 Å². The minimum atomic E-state index is 0.537. The van der Waals surface area contributed by atoms with Crippen LogP contribution >= 0.6 is 0 Å². The second kappa shape index (κ2) is 4.49. The number of anilines is 1. The van der Waals surface area contributed by atoms with Gasteiger partial charge in [0, 0.05) is 11.1 Å². The molecule has 3 aromatic rings. The van der Waals surface area contributed by atoms with Gasteiger partial charge in [-0.3, -0.25) is 0 Å². The summed E-state index contributed by atoms with van der Waals surface area (Å²) in [6.45, 7) is 2.35. The molecule has 0 bridgehead atoms. The fourth-order valence-electron chi connectivity index (χ4n) is 1.96. The van der Waals surface area contributed by atoms with E-state index in [-0.39, 0.29) is 0 Å². The molecule has 1 N–H and O–H groups in total. The van der Waals surface area contributed by atoms with Crippen molar-refractivity contribution in [3.05, 3.63) is 54.2 Å². The molecular weight excluding hydrogens is 226 g/mol. The van der Waals surface area contributed by atoms with E-state index in [9.17, 15) is 0 Å². The van der Waals surface area contributed by atoms with Crippen molar-refractivity contribution in [3.8, 4) is 0 Å². The molecule has 1 aromatic heterocycles. The van der Waals surface area contributed by atoms with Gasteiger partial charge < -0.3 is 9.84 Å². The molecule has 0 spiro atoms. The van der Waals surface area contributed by atoms with E-state index >= 15 is 0 Å². The quantitative estimate of drug-likeness (QED) is 0.762. The smallest absolute Gasteiger partial charge is 0.245 e. The van der Waals surface area contributed by atoms with Crippen LogP contribution in [0.25, 0.3) is 10.8 Å². The van der Waals surface area contributed by atoms with Crippen LogP contribution in [0.2, 0.25) is 0 Å². The Kier molecular flexibility index (Phi) is 2.68. The van der Waals surface area contributed by atoms with Crippen LogP contribution < -0.4 is 5.32 Å². The first-order chi connectivity index (χ1) is 8.83. The van der Waals surface area contributed by atoms with Crippen molar-refractivity contribution in [2.24, 2.45) is 0 Å². The predicted octanol–water partition coefficient (Wildman–Crippen LogP) is 3.14. The van der Waals surface area contributed by atoms with Crippen molar-refractivity contribution in [2.45, 2.75) is 13.5 Å². The molecule has 90 valence electrons. The van der Waals surface area contributed by atoms with Crippen molar-refractivity contribution >= 4 is 16.5 Å². The highest BCUT2D eigenvalue weighted by Crippen LogP contribution is 2.23. The lowest BCUT2D eigenvalue weighted by molar-refractivity contribution is 0.379. The molecule has 0 fully saturated rings. The Morgan fingerprint density at radius 3 is 2.78 bits per heavy atom. The number of nitrogens with one attached hydrogen (secondary N) is 1. The van der Waals surface area contributed by atoms with Gasteiger partial charge in [-0.25, -0.2) is 0 Å². The van der Waals surface area contributed by atoms with Gasteiger partial charge in [0.15, 0.2) is 5.82 Å². The summed E-state index contributed by atoms with van der Waals surface area (Å²) in [5.74, 6) is 1.25. The largest absolute Gasteiger partial charge is 0.376 e. The van der Waals surface area contributed by atoms with Crippen LogP contribution in [0.1, 0.15) is 11.7 Å². The van der Waals surface area contributed by atoms with E-state index in [1.165, 1.54) is 10.8 Å². The van der Waals surface area contributed by atoms with Crippen LogP contribution in [0.5, 0.6) is 0 Å². The number of rotatable bonds is 3. The first-order valence-electron chi connectivity index (χ1n) is 5.84. The molecule has 0 amide bonds. The van der Waals surface area contributed by atoms with E-state index in [2.05, 4.69) is 33.7 Å². The average Bonchev–Trinajstić information content (AvgIpc) is 2.82. The zero-order chi connectivity index (χ0) is 12.4. The highest BCUT2D eigenvalue weighted by Gasteiger charge is 2.04. The van der Waals surface area contributed by atoms with Crippen LogP contribution in [-0.2, 0) is 6.54 Å². The number of fused-ring (bicyclic) bond motifs is 1. The van der Waals surface area contributed by atoms with Crippen LogP contribution in [0, 0.1) is 6.92 Å². The lowest BCUT2D eigenvalue weighted by Gasteiger charge is -2.07. The minimum Gasteiger partial charge on any atom is -0.376 e. The molecule has 4 nitrogen and oxygen atoms in total. The lowest BCUT2D eigenvalue weighted by atomic mass is 10.1. The van der Waals surface area contributed by atoms with E-state index in [1.54, 1.807) is 0 Å². The highest BCUT2D eigenvalue weighted by atomic mass is 16.5. The molecule has 1 heterocycles. The van der Waals surface area contributed by atoms with E-state index in [0.717, 1.165) is 5.69 Å². The summed E-state index contributed by atoms with van der Waals surface area (Å²) in [6.07, 6.45) is 0. The van der Waals surface area contributed by atoms with Crippen molar-refractivity contribution in [1.82, 2.24) is 10.1 Å². The van der Waals surface area contributed by atoms with Gasteiger partial charge >= 0.3 is 0 Å². The molecule has 3 rings (SSSR count). The molecule has 2 aromatic carbocycles. The summed E-state index contributed by atoms with van der Waals surface area (Å²) in [6, 6.07) is 14.4. The van der Waals surface area contributed by atoms with Crippen molar-refractivity contribution in [2.75, 3.05) is 5.32 Å². The number of aryl methyl sites for hydroxylation is 1. The normalized spacial score (nSPS) is 10.7. The summed E-state index contributed by atoms with van der Waals surface area (Å²) in [7, 11) is 0. The molecule has 0 aliphatic rings. The zero-order valence-electron chi connectivity index (χ0n) is 10.1. The van der Waals surface area contributed by atoms with Gasteiger partial charge in [-0.15, -0.1) is 0 Å². The first-order valence-corrected chi connectivity index (χ1v) is 5.84.